The van der Waals surface area contributed by atoms with Gasteiger partial charge in [0.25, 0.3) is 0 Å². The number of aromatic nitrogens is 2. The number of fused-ring (bicyclic) bond motifs is 1. The maximum atomic E-state index is 13.2. The molecule has 0 spiro atoms. The van der Waals surface area contributed by atoms with Crippen LogP contribution >= 0.6 is 12.2 Å². The Bertz CT molecular complexity index is 822. The van der Waals surface area contributed by atoms with E-state index in [4.69, 9.17) is 17.0 Å². The molecule has 0 aliphatic heterocycles. The Morgan fingerprint density at radius 3 is 2.85 bits per heavy atom. The normalized spacial score (nSPS) is 10.9. The first kappa shape index (κ1) is 12.9. The Labute approximate surface area is 120 Å². The highest BCUT2D eigenvalue weighted by Gasteiger charge is 2.06. The second-order valence-electron chi connectivity index (χ2n) is 4.53. The molecule has 0 amide bonds. The van der Waals surface area contributed by atoms with Gasteiger partial charge in [0.15, 0.2) is 4.77 Å². The fraction of sp³-hybridized carbons (Fsp3) is 0.133. The Morgan fingerprint density at radius 1 is 1.25 bits per heavy atom. The van der Waals surface area contributed by atoms with E-state index < -0.39 is 0 Å². The summed E-state index contributed by atoms with van der Waals surface area (Å²) in [5, 5.41) is 0. The first-order valence-electron chi connectivity index (χ1n) is 6.18. The van der Waals surface area contributed by atoms with Crippen molar-refractivity contribution in [3.8, 4) is 5.75 Å². The first-order chi connectivity index (χ1) is 9.67. The molecule has 0 saturated heterocycles. The average molecular weight is 288 g/mol. The van der Waals surface area contributed by atoms with Crippen LogP contribution in [0.2, 0.25) is 0 Å². The zero-order chi connectivity index (χ0) is 14.1. The smallest absolute Gasteiger partial charge is 0.178 e. The van der Waals surface area contributed by atoms with Crippen molar-refractivity contribution in [1.29, 1.82) is 0 Å². The van der Waals surface area contributed by atoms with Crippen molar-refractivity contribution in [3.63, 3.8) is 0 Å². The van der Waals surface area contributed by atoms with E-state index in [1.165, 1.54) is 12.1 Å². The fourth-order valence-corrected chi connectivity index (χ4v) is 2.52. The molecule has 1 heterocycles. The summed E-state index contributed by atoms with van der Waals surface area (Å²) in [5.41, 5.74) is 2.75. The topological polar surface area (TPSA) is 29.9 Å². The third-order valence-electron chi connectivity index (χ3n) is 3.21. The van der Waals surface area contributed by atoms with Crippen LogP contribution in [0.3, 0.4) is 0 Å². The lowest BCUT2D eigenvalue weighted by Gasteiger charge is -2.05. The summed E-state index contributed by atoms with van der Waals surface area (Å²) in [4.78, 5) is 3.14. The minimum Gasteiger partial charge on any atom is -0.497 e. The Balaban J connectivity index is 2.07. The van der Waals surface area contributed by atoms with Gasteiger partial charge in [-0.25, -0.2) is 4.39 Å². The van der Waals surface area contributed by atoms with Gasteiger partial charge in [0.05, 0.1) is 24.7 Å². The van der Waals surface area contributed by atoms with Crippen LogP contribution in [-0.4, -0.2) is 16.7 Å². The lowest BCUT2D eigenvalue weighted by molar-refractivity contribution is 0.415. The molecule has 3 nitrogen and oxygen atoms in total. The predicted molar refractivity (Wildman–Crippen MR) is 79.2 cm³/mol. The zero-order valence-corrected chi connectivity index (χ0v) is 11.7. The third-order valence-corrected chi connectivity index (χ3v) is 3.53. The second-order valence-corrected chi connectivity index (χ2v) is 4.92. The Morgan fingerprint density at radius 2 is 2.10 bits per heavy atom. The monoisotopic (exact) mass is 288 g/mol. The van der Waals surface area contributed by atoms with E-state index in [2.05, 4.69) is 4.98 Å². The van der Waals surface area contributed by atoms with E-state index in [1.54, 1.807) is 13.2 Å². The molecule has 0 atom stereocenters. The van der Waals surface area contributed by atoms with Crippen LogP contribution in [0.15, 0.2) is 42.5 Å². The van der Waals surface area contributed by atoms with Gasteiger partial charge < -0.3 is 14.3 Å². The summed E-state index contributed by atoms with van der Waals surface area (Å²) in [7, 11) is 1.62. The molecule has 20 heavy (non-hydrogen) atoms. The van der Waals surface area contributed by atoms with Gasteiger partial charge in [0.2, 0.25) is 0 Å². The molecule has 3 rings (SSSR count). The third kappa shape index (κ3) is 2.32. The van der Waals surface area contributed by atoms with E-state index in [9.17, 15) is 4.39 Å². The number of imidazole rings is 1. The zero-order valence-electron chi connectivity index (χ0n) is 10.9. The molecule has 0 aliphatic rings. The van der Waals surface area contributed by atoms with Gasteiger partial charge in [-0.2, -0.15) is 0 Å². The van der Waals surface area contributed by atoms with Crippen molar-refractivity contribution >= 4 is 23.3 Å². The molecule has 0 saturated carbocycles. The summed E-state index contributed by atoms with van der Waals surface area (Å²) in [5.74, 6) is 0.530. The molecule has 0 bridgehead atoms. The van der Waals surface area contributed by atoms with Crippen molar-refractivity contribution in [2.24, 2.45) is 0 Å². The number of H-pyrrole nitrogens is 1. The number of hydrogen-bond acceptors (Lipinski definition) is 2. The highest BCUT2D eigenvalue weighted by atomic mass is 32.1. The highest BCUT2D eigenvalue weighted by Crippen LogP contribution is 2.21. The number of methoxy groups -OCH3 is 1. The summed E-state index contributed by atoms with van der Waals surface area (Å²) in [6, 6.07) is 12.3. The quantitative estimate of drug-likeness (QED) is 0.741. The number of rotatable bonds is 3. The van der Waals surface area contributed by atoms with Gasteiger partial charge in [-0.1, -0.05) is 12.1 Å². The number of nitrogens with one attached hydrogen (secondary N) is 1. The second kappa shape index (κ2) is 5.09. The molecule has 1 aromatic heterocycles. The van der Waals surface area contributed by atoms with E-state index in [0.717, 1.165) is 22.3 Å². The molecule has 0 aliphatic carbocycles. The van der Waals surface area contributed by atoms with E-state index in [1.807, 2.05) is 28.8 Å². The van der Waals surface area contributed by atoms with Crippen molar-refractivity contribution in [2.75, 3.05) is 7.11 Å². The van der Waals surface area contributed by atoms with Crippen LogP contribution < -0.4 is 4.74 Å². The number of ether oxygens (including phenoxy) is 1. The van der Waals surface area contributed by atoms with Gasteiger partial charge in [-0.05, 0) is 42.0 Å². The average Bonchev–Trinajstić information content (AvgIpc) is 2.74. The first-order valence-corrected chi connectivity index (χ1v) is 6.59. The van der Waals surface area contributed by atoms with Gasteiger partial charge in [0.1, 0.15) is 11.6 Å². The van der Waals surface area contributed by atoms with Gasteiger partial charge in [-0.3, -0.25) is 0 Å². The summed E-state index contributed by atoms with van der Waals surface area (Å²) in [6.45, 7) is 0.531. The van der Waals surface area contributed by atoms with Gasteiger partial charge in [-0.15, -0.1) is 0 Å². The number of benzene rings is 2. The lowest BCUT2D eigenvalue weighted by Crippen LogP contribution is -1.99. The van der Waals surface area contributed by atoms with Gasteiger partial charge in [0, 0.05) is 6.07 Å². The summed E-state index contributed by atoms with van der Waals surface area (Å²) in [6.07, 6.45) is 0. The predicted octanol–water partition coefficient (Wildman–Crippen LogP) is 3.89. The fourth-order valence-electron chi connectivity index (χ4n) is 2.24. The van der Waals surface area contributed by atoms with Crippen molar-refractivity contribution in [1.82, 2.24) is 9.55 Å². The molecule has 102 valence electrons. The van der Waals surface area contributed by atoms with Crippen molar-refractivity contribution in [3.05, 3.63) is 58.6 Å². The van der Waals surface area contributed by atoms with Crippen LogP contribution in [-0.2, 0) is 6.54 Å². The van der Waals surface area contributed by atoms with Crippen LogP contribution in [0.1, 0.15) is 5.56 Å². The maximum absolute atomic E-state index is 13.2. The molecule has 5 heteroatoms. The highest BCUT2D eigenvalue weighted by molar-refractivity contribution is 7.71. The van der Waals surface area contributed by atoms with E-state index >= 15 is 0 Å². The van der Waals surface area contributed by atoms with Crippen LogP contribution in [0.5, 0.6) is 5.75 Å². The van der Waals surface area contributed by atoms with E-state index in [-0.39, 0.29) is 5.82 Å². The SMILES string of the molecule is COc1ccc2c(c1)[nH]c(=S)n2Cc1cccc(F)c1. The molecule has 0 unspecified atom stereocenters. The van der Waals surface area contributed by atoms with Crippen LogP contribution in [0.25, 0.3) is 11.0 Å². The number of aromatic amines is 1. The standard InChI is InChI=1S/C15H13FN2OS/c1-19-12-5-6-14-13(8-12)17-15(20)18(14)9-10-3-2-4-11(16)7-10/h2-8H,9H2,1H3,(H,17,20). The van der Waals surface area contributed by atoms with Crippen LogP contribution in [0.4, 0.5) is 4.39 Å². The van der Waals surface area contributed by atoms with Gasteiger partial charge >= 0.3 is 0 Å². The summed E-state index contributed by atoms with van der Waals surface area (Å²) < 4.78 is 21.0. The molecule has 3 aromatic rings. The summed E-state index contributed by atoms with van der Waals surface area (Å²) >= 11 is 5.34. The van der Waals surface area contributed by atoms with Crippen LogP contribution in [0, 0.1) is 10.6 Å². The van der Waals surface area contributed by atoms with E-state index in [0.29, 0.717) is 11.3 Å². The Kier molecular flexibility index (Phi) is 3.28. The molecule has 0 radical (unpaired) electrons. The number of nitrogens with zero attached hydrogens (tertiary/aromatic N) is 1. The Hall–Kier alpha value is -2.14. The molecular weight excluding hydrogens is 275 g/mol. The number of hydrogen-bond donors (Lipinski definition) is 1. The van der Waals surface area contributed by atoms with Crippen molar-refractivity contribution in [2.45, 2.75) is 6.54 Å². The van der Waals surface area contributed by atoms with Crippen molar-refractivity contribution < 1.29 is 9.13 Å². The minimum absolute atomic E-state index is 0.240. The molecular formula is C15H13FN2OS. The molecule has 0 fully saturated rings. The molecule has 1 N–H and O–H groups in total. The maximum Gasteiger partial charge on any atom is 0.178 e. The minimum atomic E-state index is -0.240. The number of halogens is 1. The lowest BCUT2D eigenvalue weighted by atomic mass is 10.2. The molecule has 2 aromatic carbocycles. The largest absolute Gasteiger partial charge is 0.497 e.